The summed E-state index contributed by atoms with van der Waals surface area (Å²) in [5.41, 5.74) is 0.528. The largest absolute Gasteiger partial charge is 0.275 e. The smallest absolute Gasteiger partial charge is 0.155 e. The van der Waals surface area contributed by atoms with Crippen LogP contribution in [0.4, 0.5) is 0 Å². The van der Waals surface area contributed by atoms with Gasteiger partial charge in [0.15, 0.2) is 8.46 Å². The van der Waals surface area contributed by atoms with Crippen molar-refractivity contribution >= 4 is 8.46 Å². The van der Waals surface area contributed by atoms with Gasteiger partial charge in [0.25, 0.3) is 0 Å². The minimum absolute atomic E-state index is 0.310. The standard InChI is InChI=1S/C10H21OP/c1-4-10(3,5-2)8-6-7-9-12-11/h4-9H2,1-3H3. The molecule has 0 heterocycles. The van der Waals surface area contributed by atoms with Crippen molar-refractivity contribution in [3.63, 3.8) is 0 Å². The maximum atomic E-state index is 10.2. The molecule has 72 valence electrons. The first-order valence-electron chi connectivity index (χ1n) is 4.97. The number of unbranched alkanes of at least 4 members (excludes halogenated alkanes) is 1. The van der Waals surface area contributed by atoms with E-state index in [2.05, 4.69) is 20.8 Å². The van der Waals surface area contributed by atoms with Gasteiger partial charge in [-0.05, 0) is 18.3 Å². The molecule has 0 aromatic carbocycles. The zero-order chi connectivity index (χ0) is 9.45. The molecule has 0 rings (SSSR count). The molecule has 1 nitrogen and oxygen atoms in total. The van der Waals surface area contributed by atoms with E-state index >= 15 is 0 Å². The number of rotatable bonds is 7. The molecule has 0 radical (unpaired) electrons. The fraction of sp³-hybridized carbons (Fsp3) is 1.00. The lowest BCUT2D eigenvalue weighted by atomic mass is 9.80. The zero-order valence-electron chi connectivity index (χ0n) is 8.60. The van der Waals surface area contributed by atoms with Crippen LogP contribution in [0.1, 0.15) is 52.9 Å². The highest BCUT2D eigenvalue weighted by Gasteiger charge is 2.18. The van der Waals surface area contributed by atoms with Crippen molar-refractivity contribution in [3.8, 4) is 0 Å². The third-order valence-corrected chi connectivity index (χ3v) is 3.49. The summed E-state index contributed by atoms with van der Waals surface area (Å²) < 4.78 is 10.2. The predicted molar refractivity (Wildman–Crippen MR) is 55.0 cm³/mol. The molecule has 0 spiro atoms. The summed E-state index contributed by atoms with van der Waals surface area (Å²) in [4.78, 5) is 0. The van der Waals surface area contributed by atoms with Gasteiger partial charge in [0.2, 0.25) is 0 Å². The Morgan fingerprint density at radius 3 is 2.17 bits per heavy atom. The molecule has 0 fully saturated rings. The van der Waals surface area contributed by atoms with Crippen LogP contribution in [0.5, 0.6) is 0 Å². The van der Waals surface area contributed by atoms with Crippen molar-refractivity contribution in [2.24, 2.45) is 5.41 Å². The second-order valence-corrected chi connectivity index (χ2v) is 4.53. The molecule has 0 aliphatic carbocycles. The van der Waals surface area contributed by atoms with Crippen molar-refractivity contribution in [2.75, 3.05) is 6.16 Å². The molecule has 0 aromatic rings. The molecule has 0 unspecified atom stereocenters. The molecule has 0 atom stereocenters. The van der Waals surface area contributed by atoms with Crippen LogP contribution in [0.25, 0.3) is 0 Å². The first-order chi connectivity index (χ1) is 5.68. The second kappa shape index (κ2) is 6.60. The minimum atomic E-state index is 0.310. The molecular weight excluding hydrogens is 167 g/mol. The fourth-order valence-electron chi connectivity index (χ4n) is 1.33. The lowest BCUT2D eigenvalue weighted by molar-refractivity contribution is 0.265. The third kappa shape index (κ3) is 4.87. The monoisotopic (exact) mass is 188 g/mol. The molecule has 0 aromatic heterocycles. The van der Waals surface area contributed by atoms with Gasteiger partial charge in [-0.3, -0.25) is 4.57 Å². The van der Waals surface area contributed by atoms with Crippen molar-refractivity contribution in [2.45, 2.75) is 52.9 Å². The topological polar surface area (TPSA) is 17.1 Å². The quantitative estimate of drug-likeness (QED) is 0.430. The lowest BCUT2D eigenvalue weighted by Crippen LogP contribution is -2.13. The van der Waals surface area contributed by atoms with E-state index in [-0.39, 0.29) is 0 Å². The van der Waals surface area contributed by atoms with Gasteiger partial charge in [-0.1, -0.05) is 40.0 Å². The fourth-order valence-corrected chi connectivity index (χ4v) is 1.68. The van der Waals surface area contributed by atoms with Gasteiger partial charge in [-0.15, -0.1) is 0 Å². The van der Waals surface area contributed by atoms with Crippen LogP contribution in [0.3, 0.4) is 0 Å². The molecule has 0 amide bonds. The van der Waals surface area contributed by atoms with E-state index in [4.69, 9.17) is 0 Å². The highest BCUT2D eigenvalue weighted by Crippen LogP contribution is 2.31. The molecule has 12 heavy (non-hydrogen) atoms. The van der Waals surface area contributed by atoms with Gasteiger partial charge in [0, 0.05) is 6.16 Å². The predicted octanol–water partition coefficient (Wildman–Crippen LogP) is 4.27. The molecule has 0 aliphatic heterocycles. The Morgan fingerprint density at radius 2 is 1.75 bits per heavy atom. The average Bonchev–Trinajstić information content (AvgIpc) is 2.12. The Balaban J connectivity index is 3.51. The molecule has 0 saturated heterocycles. The third-order valence-electron chi connectivity index (χ3n) is 2.99. The Hall–Kier alpha value is 0.100. The molecule has 2 heteroatoms. The van der Waals surface area contributed by atoms with Gasteiger partial charge in [0.1, 0.15) is 0 Å². The average molecular weight is 188 g/mol. The van der Waals surface area contributed by atoms with E-state index < -0.39 is 0 Å². The summed E-state index contributed by atoms with van der Waals surface area (Å²) in [6.45, 7) is 6.87. The van der Waals surface area contributed by atoms with Crippen LogP contribution in [-0.2, 0) is 4.57 Å². The van der Waals surface area contributed by atoms with Gasteiger partial charge < -0.3 is 0 Å². The van der Waals surface area contributed by atoms with Crippen LogP contribution >= 0.6 is 8.46 Å². The van der Waals surface area contributed by atoms with Crippen molar-refractivity contribution in [3.05, 3.63) is 0 Å². The van der Waals surface area contributed by atoms with E-state index in [1.807, 2.05) is 0 Å². The maximum Gasteiger partial charge on any atom is 0.155 e. The second-order valence-electron chi connectivity index (χ2n) is 3.83. The van der Waals surface area contributed by atoms with Gasteiger partial charge in [-0.25, -0.2) is 0 Å². The highest BCUT2D eigenvalue weighted by atomic mass is 31.1. The number of hydrogen-bond donors (Lipinski definition) is 0. The van der Waals surface area contributed by atoms with Gasteiger partial charge >= 0.3 is 0 Å². The van der Waals surface area contributed by atoms with E-state index in [0.29, 0.717) is 13.9 Å². The van der Waals surface area contributed by atoms with Crippen molar-refractivity contribution in [1.29, 1.82) is 0 Å². The summed E-state index contributed by atoms with van der Waals surface area (Å²) in [6.07, 6.45) is 6.99. The van der Waals surface area contributed by atoms with Crippen molar-refractivity contribution in [1.82, 2.24) is 0 Å². The van der Waals surface area contributed by atoms with E-state index in [1.54, 1.807) is 0 Å². The van der Waals surface area contributed by atoms with Crippen LogP contribution in [0, 0.1) is 5.41 Å². The maximum absolute atomic E-state index is 10.2. The Labute approximate surface area is 78.1 Å². The molecular formula is C10H21OP. The summed E-state index contributed by atoms with van der Waals surface area (Å²) >= 11 is 0. The van der Waals surface area contributed by atoms with E-state index in [1.165, 1.54) is 25.7 Å². The van der Waals surface area contributed by atoms with E-state index in [9.17, 15) is 4.57 Å². The lowest BCUT2D eigenvalue weighted by Gasteiger charge is -2.26. The summed E-state index contributed by atoms with van der Waals surface area (Å²) in [6, 6.07) is 0. The molecule has 0 aliphatic rings. The van der Waals surface area contributed by atoms with Crippen LogP contribution in [0.15, 0.2) is 0 Å². The molecule has 0 N–H and O–H groups in total. The number of hydrogen-bond acceptors (Lipinski definition) is 1. The summed E-state index contributed by atoms with van der Waals surface area (Å²) in [7, 11) is 0.310. The van der Waals surface area contributed by atoms with E-state index in [0.717, 1.165) is 12.6 Å². The highest BCUT2D eigenvalue weighted by molar-refractivity contribution is 7.23. The summed E-state index contributed by atoms with van der Waals surface area (Å²) in [5.74, 6) is 0. The Kier molecular flexibility index (Phi) is 6.65. The SMILES string of the molecule is CCC(C)(CC)CCCCP=O. The van der Waals surface area contributed by atoms with Crippen LogP contribution in [-0.4, -0.2) is 6.16 Å². The van der Waals surface area contributed by atoms with Crippen LogP contribution in [0.2, 0.25) is 0 Å². The minimum Gasteiger partial charge on any atom is -0.275 e. The van der Waals surface area contributed by atoms with Crippen LogP contribution < -0.4 is 0 Å². The molecule has 0 saturated carbocycles. The van der Waals surface area contributed by atoms with Crippen molar-refractivity contribution < 1.29 is 4.57 Å². The molecule has 0 bridgehead atoms. The first-order valence-corrected chi connectivity index (χ1v) is 5.97. The first kappa shape index (κ1) is 12.1. The Bertz CT molecular complexity index is 119. The Morgan fingerprint density at radius 1 is 1.17 bits per heavy atom. The van der Waals surface area contributed by atoms with Gasteiger partial charge in [-0.2, -0.15) is 0 Å². The normalized spacial score (nSPS) is 12.2. The zero-order valence-corrected chi connectivity index (χ0v) is 9.49. The summed E-state index contributed by atoms with van der Waals surface area (Å²) in [5, 5.41) is 0. The van der Waals surface area contributed by atoms with Gasteiger partial charge in [0.05, 0.1) is 0 Å².